The van der Waals surface area contributed by atoms with Crippen molar-refractivity contribution in [2.24, 2.45) is 10.2 Å². The maximum atomic E-state index is 11.2. The Balaban J connectivity index is 2.34. The molecule has 0 fully saturated rings. The van der Waals surface area contributed by atoms with E-state index in [4.69, 9.17) is 0 Å². The number of hydrogen-bond acceptors (Lipinski definition) is 4. The van der Waals surface area contributed by atoms with E-state index in [1.165, 1.54) is 7.11 Å². The molecule has 0 aromatic carbocycles. The first-order valence-electron chi connectivity index (χ1n) is 4.01. The van der Waals surface area contributed by atoms with E-state index in [9.17, 15) is 4.79 Å². The van der Waals surface area contributed by atoms with E-state index in [2.05, 4.69) is 37.6 Å². The smallest absolute Gasteiger partial charge is 0.337 e. The number of methoxy groups -OCH3 is 1. The van der Waals surface area contributed by atoms with Gasteiger partial charge in [-0.25, -0.2) is 4.79 Å². The van der Waals surface area contributed by atoms with Gasteiger partial charge in [0.2, 0.25) is 0 Å². The van der Waals surface area contributed by atoms with Crippen LogP contribution in [0.5, 0.6) is 0 Å². The fraction of sp³-hybridized carbons (Fsp3) is 0.222. The monoisotopic (exact) mass is 302 g/mol. The molecule has 1 aliphatic heterocycles. The van der Waals surface area contributed by atoms with Crippen molar-refractivity contribution < 1.29 is 9.53 Å². The molecule has 1 aliphatic carbocycles. The van der Waals surface area contributed by atoms with Gasteiger partial charge in [0.25, 0.3) is 0 Å². The number of nitrogens with zero attached hydrogens (tertiary/aromatic N) is 2. The Morgan fingerprint density at radius 3 is 3.14 bits per heavy atom. The van der Waals surface area contributed by atoms with E-state index in [-0.39, 0.29) is 12.0 Å². The van der Waals surface area contributed by atoms with Gasteiger partial charge in [-0.05, 0) is 34.7 Å². The maximum absolute atomic E-state index is 11.2. The van der Waals surface area contributed by atoms with Crippen molar-refractivity contribution in [1.29, 1.82) is 0 Å². The highest BCUT2D eigenvalue weighted by Gasteiger charge is 2.23. The number of carbonyl (C=O) groups is 1. The highest BCUT2D eigenvalue weighted by atomic mass is 127. The highest BCUT2D eigenvalue weighted by Crippen LogP contribution is 2.32. The third kappa shape index (κ3) is 1.52. The van der Waals surface area contributed by atoms with Gasteiger partial charge < -0.3 is 4.74 Å². The standard InChI is InChI=1S/C9H7IN2O2/c1-14-9(13)5-2-3-7-6(4-5)8(10)12-11-7/h2-4,7H,1H3/t7-/m0/s1. The molecule has 4 nitrogen and oxygen atoms in total. The van der Waals surface area contributed by atoms with Crippen LogP contribution in [0.1, 0.15) is 0 Å². The molecule has 0 amide bonds. The number of hydrogen-bond donors (Lipinski definition) is 0. The molecule has 0 bridgehead atoms. The van der Waals surface area contributed by atoms with Gasteiger partial charge in [0.1, 0.15) is 9.75 Å². The van der Waals surface area contributed by atoms with Crippen molar-refractivity contribution in [3.05, 3.63) is 33.1 Å². The zero-order valence-corrected chi connectivity index (χ0v) is 9.56. The summed E-state index contributed by atoms with van der Waals surface area (Å²) >= 11 is 2.10. The Labute approximate surface area is 94.6 Å². The fourth-order valence-corrected chi connectivity index (χ4v) is 1.90. The summed E-state index contributed by atoms with van der Waals surface area (Å²) in [5, 5.41) is 7.96. The van der Waals surface area contributed by atoms with E-state index < -0.39 is 0 Å². The van der Waals surface area contributed by atoms with Gasteiger partial charge in [0.15, 0.2) is 0 Å². The lowest BCUT2D eigenvalue weighted by Crippen LogP contribution is -2.10. The Kier molecular flexibility index (Phi) is 2.49. The van der Waals surface area contributed by atoms with E-state index in [0.29, 0.717) is 5.57 Å². The van der Waals surface area contributed by atoms with Crippen molar-refractivity contribution in [3.8, 4) is 0 Å². The number of rotatable bonds is 1. The van der Waals surface area contributed by atoms with Gasteiger partial charge >= 0.3 is 5.97 Å². The topological polar surface area (TPSA) is 51.0 Å². The van der Waals surface area contributed by atoms with Crippen LogP contribution in [-0.4, -0.2) is 19.1 Å². The largest absolute Gasteiger partial charge is 0.465 e. The Hall–Kier alpha value is -0.980. The molecular weight excluding hydrogens is 295 g/mol. The van der Waals surface area contributed by atoms with Crippen LogP contribution >= 0.6 is 22.6 Å². The van der Waals surface area contributed by atoms with Gasteiger partial charge in [-0.2, -0.15) is 5.11 Å². The van der Waals surface area contributed by atoms with Crippen molar-refractivity contribution in [1.82, 2.24) is 0 Å². The minimum atomic E-state index is -0.330. The number of ether oxygens (including phenoxy) is 1. The average Bonchev–Trinajstić information content (AvgIpc) is 2.59. The first-order valence-corrected chi connectivity index (χ1v) is 5.09. The average molecular weight is 302 g/mol. The van der Waals surface area contributed by atoms with Crippen LogP contribution in [0.15, 0.2) is 43.3 Å². The molecule has 2 aliphatic rings. The Bertz CT molecular complexity index is 407. The van der Waals surface area contributed by atoms with Crippen LogP contribution < -0.4 is 0 Å². The molecule has 0 N–H and O–H groups in total. The van der Waals surface area contributed by atoms with Crippen molar-refractivity contribution >= 4 is 28.6 Å². The van der Waals surface area contributed by atoms with E-state index in [1.807, 2.05) is 6.08 Å². The zero-order valence-electron chi connectivity index (χ0n) is 7.40. The minimum Gasteiger partial charge on any atom is -0.465 e. The van der Waals surface area contributed by atoms with Gasteiger partial charge in [0, 0.05) is 5.57 Å². The van der Waals surface area contributed by atoms with Crippen molar-refractivity contribution in [2.45, 2.75) is 6.04 Å². The van der Waals surface area contributed by atoms with E-state index in [1.54, 1.807) is 12.2 Å². The summed E-state index contributed by atoms with van der Waals surface area (Å²) in [5.41, 5.74) is 1.51. The molecule has 1 heterocycles. The second kappa shape index (κ2) is 3.64. The summed E-state index contributed by atoms with van der Waals surface area (Å²) in [6.45, 7) is 0. The third-order valence-corrected chi connectivity index (χ3v) is 2.86. The lowest BCUT2D eigenvalue weighted by molar-refractivity contribution is -0.135. The van der Waals surface area contributed by atoms with Crippen LogP contribution in [-0.2, 0) is 9.53 Å². The second-order valence-electron chi connectivity index (χ2n) is 2.86. The Morgan fingerprint density at radius 1 is 1.64 bits per heavy atom. The minimum absolute atomic E-state index is 0.0182. The van der Waals surface area contributed by atoms with Gasteiger partial charge in [0.05, 0.1) is 12.7 Å². The summed E-state index contributed by atoms with van der Waals surface area (Å²) < 4.78 is 5.46. The van der Waals surface area contributed by atoms with Crippen LogP contribution in [0.4, 0.5) is 0 Å². The molecule has 5 heteroatoms. The fourth-order valence-electron chi connectivity index (χ4n) is 1.30. The van der Waals surface area contributed by atoms with Crippen molar-refractivity contribution in [2.75, 3.05) is 7.11 Å². The highest BCUT2D eigenvalue weighted by molar-refractivity contribution is 14.1. The number of carbonyl (C=O) groups excluding carboxylic acids is 1. The van der Waals surface area contributed by atoms with Crippen LogP contribution in [0, 0.1) is 0 Å². The molecule has 0 aromatic rings. The van der Waals surface area contributed by atoms with E-state index >= 15 is 0 Å². The third-order valence-electron chi connectivity index (χ3n) is 2.02. The molecule has 1 atom stereocenters. The molecule has 0 saturated heterocycles. The first kappa shape index (κ1) is 9.57. The SMILES string of the molecule is COC(=O)C1=CC2=C(I)N=N[C@H]2C=C1. The predicted molar refractivity (Wildman–Crippen MR) is 58.9 cm³/mol. The number of azo groups is 1. The molecular formula is C9H7IN2O2. The maximum Gasteiger partial charge on any atom is 0.337 e. The quantitative estimate of drug-likeness (QED) is 0.423. The molecule has 0 saturated carbocycles. The molecule has 2 rings (SSSR count). The summed E-state index contributed by atoms with van der Waals surface area (Å²) in [6, 6.07) is -0.0182. The van der Waals surface area contributed by atoms with Crippen LogP contribution in [0.25, 0.3) is 0 Å². The lowest BCUT2D eigenvalue weighted by Gasteiger charge is -2.10. The number of fused-ring (bicyclic) bond motifs is 1. The first-order chi connectivity index (χ1) is 6.72. The summed E-state index contributed by atoms with van der Waals surface area (Å²) in [6.07, 6.45) is 5.34. The van der Waals surface area contributed by atoms with Gasteiger partial charge in [-0.15, -0.1) is 5.11 Å². The molecule has 0 aromatic heterocycles. The predicted octanol–water partition coefficient (Wildman–Crippen LogP) is 2.14. The zero-order chi connectivity index (χ0) is 10.1. The molecule has 0 spiro atoms. The summed E-state index contributed by atoms with van der Waals surface area (Å²) in [7, 11) is 1.37. The second-order valence-corrected chi connectivity index (χ2v) is 3.88. The van der Waals surface area contributed by atoms with Gasteiger partial charge in [-0.1, -0.05) is 6.08 Å². The Morgan fingerprint density at radius 2 is 2.43 bits per heavy atom. The van der Waals surface area contributed by atoms with E-state index in [0.717, 1.165) is 9.28 Å². The molecule has 72 valence electrons. The number of halogens is 1. The molecule has 14 heavy (non-hydrogen) atoms. The summed E-state index contributed by atoms with van der Waals surface area (Å²) in [4.78, 5) is 11.2. The van der Waals surface area contributed by atoms with Gasteiger partial charge in [-0.3, -0.25) is 0 Å². The van der Waals surface area contributed by atoms with Crippen LogP contribution in [0.3, 0.4) is 0 Å². The lowest BCUT2D eigenvalue weighted by atomic mass is 9.99. The van der Waals surface area contributed by atoms with Crippen molar-refractivity contribution in [3.63, 3.8) is 0 Å². The number of esters is 1. The normalized spacial score (nSPS) is 23.6. The molecule has 0 radical (unpaired) electrons. The molecule has 0 unspecified atom stereocenters. The summed E-state index contributed by atoms with van der Waals surface area (Å²) in [5.74, 6) is -0.330. The van der Waals surface area contributed by atoms with Crippen LogP contribution in [0.2, 0.25) is 0 Å².